The highest BCUT2D eigenvalue weighted by atomic mass is 16.5. The van der Waals surface area contributed by atoms with Gasteiger partial charge in [-0.15, -0.1) is 0 Å². The number of amides is 1. The van der Waals surface area contributed by atoms with Gasteiger partial charge in [0.25, 0.3) is 5.91 Å². The smallest absolute Gasteiger partial charge is 0.253 e. The van der Waals surface area contributed by atoms with Gasteiger partial charge in [0, 0.05) is 62.9 Å². The third-order valence-corrected chi connectivity index (χ3v) is 5.64. The zero-order valence-electron chi connectivity index (χ0n) is 17.6. The lowest BCUT2D eigenvalue weighted by Gasteiger charge is -2.32. The van der Waals surface area contributed by atoms with Crippen LogP contribution >= 0.6 is 0 Å². The van der Waals surface area contributed by atoms with E-state index in [1.54, 1.807) is 0 Å². The van der Waals surface area contributed by atoms with E-state index in [0.717, 1.165) is 57.7 Å². The highest BCUT2D eigenvalue weighted by Crippen LogP contribution is 2.24. The van der Waals surface area contributed by atoms with E-state index in [2.05, 4.69) is 41.1 Å². The number of nitrogens with zero attached hydrogens (tertiary/aromatic N) is 4. The van der Waals surface area contributed by atoms with Gasteiger partial charge in [0.05, 0.1) is 0 Å². The number of likely N-dealkylation sites (tertiary alicyclic amines) is 1. The van der Waals surface area contributed by atoms with Crippen LogP contribution < -0.4 is 5.32 Å². The van der Waals surface area contributed by atoms with E-state index in [9.17, 15) is 4.79 Å². The van der Waals surface area contributed by atoms with Crippen LogP contribution in [0.3, 0.4) is 0 Å². The maximum atomic E-state index is 13.1. The molecule has 0 radical (unpaired) electrons. The van der Waals surface area contributed by atoms with Gasteiger partial charge in [0.1, 0.15) is 0 Å². The third kappa shape index (κ3) is 4.85. The molecule has 29 heavy (non-hydrogen) atoms. The molecule has 2 aliphatic heterocycles. The van der Waals surface area contributed by atoms with Crippen molar-refractivity contribution in [3.63, 3.8) is 0 Å². The minimum Gasteiger partial charge on any atom is -0.339 e. The van der Waals surface area contributed by atoms with Gasteiger partial charge >= 0.3 is 0 Å². The number of nitrogens with one attached hydrogen (secondary N) is 1. The van der Waals surface area contributed by atoms with Gasteiger partial charge in [-0.3, -0.25) is 9.69 Å². The van der Waals surface area contributed by atoms with Crippen molar-refractivity contribution in [1.82, 2.24) is 25.3 Å². The zero-order valence-corrected chi connectivity index (χ0v) is 17.6. The molecule has 2 aliphatic rings. The summed E-state index contributed by atoms with van der Waals surface area (Å²) in [6, 6.07) is 8.05. The van der Waals surface area contributed by atoms with Crippen LogP contribution in [0.5, 0.6) is 0 Å². The SMILES string of the molecule is CC(C)(C)Cc1nc(-c2cccc(C(=O)N3CCC(N4CCNCC4)C3)c2)no1. The van der Waals surface area contributed by atoms with Crippen molar-refractivity contribution in [2.24, 2.45) is 5.41 Å². The number of aromatic nitrogens is 2. The van der Waals surface area contributed by atoms with E-state index in [4.69, 9.17) is 4.52 Å². The number of benzene rings is 1. The number of hydrogen-bond acceptors (Lipinski definition) is 6. The Kier molecular flexibility index (Phi) is 5.69. The number of hydrogen-bond donors (Lipinski definition) is 1. The second kappa shape index (κ2) is 8.24. The van der Waals surface area contributed by atoms with Gasteiger partial charge in [-0.2, -0.15) is 4.98 Å². The average molecular weight is 398 g/mol. The summed E-state index contributed by atoms with van der Waals surface area (Å²) in [7, 11) is 0. The first-order valence-electron chi connectivity index (χ1n) is 10.6. The number of rotatable bonds is 4. The van der Waals surface area contributed by atoms with Gasteiger partial charge in [0.2, 0.25) is 11.7 Å². The summed E-state index contributed by atoms with van der Waals surface area (Å²) in [5.41, 5.74) is 1.58. The van der Waals surface area contributed by atoms with Gasteiger partial charge in [0.15, 0.2) is 0 Å². The molecule has 1 amide bonds. The molecular weight excluding hydrogens is 366 g/mol. The Balaban J connectivity index is 1.44. The second-order valence-corrected chi connectivity index (χ2v) is 9.31. The summed E-state index contributed by atoms with van der Waals surface area (Å²) in [4.78, 5) is 22.1. The fourth-order valence-electron chi connectivity index (χ4n) is 4.14. The number of carbonyl (C=O) groups is 1. The predicted molar refractivity (Wildman–Crippen MR) is 112 cm³/mol. The largest absolute Gasteiger partial charge is 0.339 e. The number of piperazine rings is 1. The minimum absolute atomic E-state index is 0.0817. The van der Waals surface area contributed by atoms with E-state index in [-0.39, 0.29) is 11.3 Å². The monoisotopic (exact) mass is 397 g/mol. The van der Waals surface area contributed by atoms with Crippen molar-refractivity contribution in [1.29, 1.82) is 0 Å². The Hall–Kier alpha value is -2.25. The molecule has 1 N–H and O–H groups in total. The van der Waals surface area contributed by atoms with Crippen LogP contribution in [-0.4, -0.2) is 71.2 Å². The lowest BCUT2D eigenvalue weighted by molar-refractivity contribution is 0.0773. The maximum Gasteiger partial charge on any atom is 0.253 e. The van der Waals surface area contributed by atoms with Gasteiger partial charge in [-0.25, -0.2) is 0 Å². The standard InChI is InChI=1S/C22H31N5O2/c1-22(2,3)14-19-24-20(25-29-19)16-5-4-6-17(13-16)21(28)27-10-7-18(15-27)26-11-8-23-9-12-26/h4-6,13,18,23H,7-12,14-15H2,1-3H3. The van der Waals surface area contributed by atoms with Crippen LogP contribution in [0.2, 0.25) is 0 Å². The minimum atomic E-state index is 0.0817. The molecule has 1 aromatic carbocycles. The van der Waals surface area contributed by atoms with E-state index in [0.29, 0.717) is 23.3 Å². The summed E-state index contributed by atoms with van der Waals surface area (Å²) < 4.78 is 5.41. The van der Waals surface area contributed by atoms with Crippen LogP contribution in [0.4, 0.5) is 0 Å². The topological polar surface area (TPSA) is 74.5 Å². The van der Waals surface area contributed by atoms with E-state index >= 15 is 0 Å². The van der Waals surface area contributed by atoms with E-state index in [1.807, 2.05) is 29.2 Å². The quantitative estimate of drug-likeness (QED) is 0.854. The molecule has 2 saturated heterocycles. The molecule has 156 valence electrons. The van der Waals surface area contributed by atoms with Crippen molar-refractivity contribution in [3.05, 3.63) is 35.7 Å². The molecule has 0 aliphatic carbocycles. The van der Waals surface area contributed by atoms with Crippen LogP contribution in [-0.2, 0) is 6.42 Å². The molecule has 3 heterocycles. The summed E-state index contributed by atoms with van der Waals surface area (Å²) in [6.07, 6.45) is 1.77. The van der Waals surface area contributed by atoms with E-state index in [1.165, 1.54) is 0 Å². The summed E-state index contributed by atoms with van der Waals surface area (Å²) >= 11 is 0. The van der Waals surface area contributed by atoms with Gasteiger partial charge in [-0.1, -0.05) is 38.1 Å². The van der Waals surface area contributed by atoms with Crippen LogP contribution in [0.25, 0.3) is 11.4 Å². The molecule has 1 atom stereocenters. The first kappa shape index (κ1) is 20.0. The Labute approximate surface area is 172 Å². The van der Waals surface area contributed by atoms with Crippen LogP contribution in [0.1, 0.15) is 43.4 Å². The van der Waals surface area contributed by atoms with E-state index < -0.39 is 0 Å². The highest BCUT2D eigenvalue weighted by molar-refractivity contribution is 5.95. The molecule has 7 nitrogen and oxygen atoms in total. The Morgan fingerprint density at radius 2 is 2.03 bits per heavy atom. The summed E-state index contributed by atoms with van der Waals surface area (Å²) in [6.45, 7) is 12.2. The Morgan fingerprint density at radius 1 is 1.24 bits per heavy atom. The fourth-order valence-corrected chi connectivity index (χ4v) is 4.14. The normalized spacial score (nSPS) is 20.9. The van der Waals surface area contributed by atoms with Crippen molar-refractivity contribution in [3.8, 4) is 11.4 Å². The molecule has 1 aromatic heterocycles. The first-order valence-corrected chi connectivity index (χ1v) is 10.6. The lowest BCUT2D eigenvalue weighted by atomic mass is 9.92. The predicted octanol–water partition coefficient (Wildman–Crippen LogP) is 2.44. The third-order valence-electron chi connectivity index (χ3n) is 5.64. The molecule has 2 fully saturated rings. The molecule has 0 spiro atoms. The second-order valence-electron chi connectivity index (χ2n) is 9.31. The molecule has 0 saturated carbocycles. The van der Waals surface area contributed by atoms with Crippen LogP contribution in [0, 0.1) is 5.41 Å². The number of carbonyl (C=O) groups excluding carboxylic acids is 1. The van der Waals surface area contributed by atoms with Crippen molar-refractivity contribution >= 4 is 5.91 Å². The summed E-state index contributed by atoms with van der Waals surface area (Å²) in [5.74, 6) is 1.25. The molecule has 7 heteroatoms. The van der Waals surface area contributed by atoms with Crippen molar-refractivity contribution in [2.45, 2.75) is 39.7 Å². The zero-order chi connectivity index (χ0) is 20.4. The Morgan fingerprint density at radius 3 is 2.79 bits per heavy atom. The average Bonchev–Trinajstić information content (AvgIpc) is 3.37. The molecular formula is C22H31N5O2. The van der Waals surface area contributed by atoms with Gasteiger partial charge < -0.3 is 14.7 Å². The maximum absolute atomic E-state index is 13.1. The Bertz CT molecular complexity index is 851. The molecule has 0 bridgehead atoms. The van der Waals surface area contributed by atoms with Crippen molar-refractivity contribution < 1.29 is 9.32 Å². The first-order chi connectivity index (χ1) is 13.9. The van der Waals surface area contributed by atoms with Crippen molar-refractivity contribution in [2.75, 3.05) is 39.3 Å². The lowest BCUT2D eigenvalue weighted by Crippen LogP contribution is -2.49. The fraction of sp³-hybridized carbons (Fsp3) is 0.591. The van der Waals surface area contributed by atoms with Gasteiger partial charge in [-0.05, 0) is 24.0 Å². The molecule has 2 aromatic rings. The van der Waals surface area contributed by atoms with Crippen LogP contribution in [0.15, 0.2) is 28.8 Å². The molecule has 4 rings (SSSR count). The summed E-state index contributed by atoms with van der Waals surface area (Å²) in [5, 5.41) is 7.51. The highest BCUT2D eigenvalue weighted by Gasteiger charge is 2.31. The molecule has 1 unspecified atom stereocenters.